The van der Waals surface area contributed by atoms with Gasteiger partial charge in [0.15, 0.2) is 0 Å². The molecule has 0 aliphatic carbocycles. The summed E-state index contributed by atoms with van der Waals surface area (Å²) in [5.41, 5.74) is 1.73. The van der Waals surface area contributed by atoms with Gasteiger partial charge in [-0.3, -0.25) is 4.79 Å². The van der Waals surface area contributed by atoms with Crippen LogP contribution in [0.4, 0.5) is 5.69 Å². The number of carbonyl (C=O) groups excluding carboxylic acids is 1. The van der Waals surface area contributed by atoms with E-state index in [4.69, 9.17) is 34.8 Å². The minimum absolute atomic E-state index is 0.128. The Balaban J connectivity index is 2.21. The molecule has 0 aliphatic rings. The average Bonchev–Trinajstić information content (AvgIpc) is 2.43. The minimum Gasteiger partial charge on any atom is -0.324 e. The first-order valence-corrected chi connectivity index (χ1v) is 8.07. The van der Waals surface area contributed by atoms with E-state index in [0.29, 0.717) is 15.7 Å². The third-order valence-electron chi connectivity index (χ3n) is 3.10. The van der Waals surface area contributed by atoms with Gasteiger partial charge < -0.3 is 5.32 Å². The van der Waals surface area contributed by atoms with Gasteiger partial charge in [-0.1, -0.05) is 44.0 Å². The summed E-state index contributed by atoms with van der Waals surface area (Å²) in [6.07, 6.45) is 1.71. The monoisotopic (exact) mass is 371 g/mol. The molecule has 2 aromatic rings. The van der Waals surface area contributed by atoms with E-state index in [9.17, 15) is 4.79 Å². The molecule has 7 heteroatoms. The molecule has 1 N–H and O–H groups in total. The molecule has 1 heterocycles. The van der Waals surface area contributed by atoms with E-state index in [0.717, 1.165) is 11.3 Å². The number of hydrogen-bond acceptors (Lipinski definition) is 3. The molecule has 0 unspecified atom stereocenters. The smallest absolute Gasteiger partial charge is 0.228 e. The summed E-state index contributed by atoms with van der Waals surface area (Å²) >= 11 is 17.8. The molecule has 1 amide bonds. The van der Waals surface area contributed by atoms with Gasteiger partial charge in [0, 0.05) is 22.2 Å². The highest BCUT2D eigenvalue weighted by Gasteiger charge is 2.22. The molecule has 1 aromatic carbocycles. The van der Waals surface area contributed by atoms with Gasteiger partial charge in [-0.15, -0.1) is 0 Å². The second kappa shape index (κ2) is 7.04. The van der Waals surface area contributed by atoms with E-state index in [2.05, 4.69) is 15.3 Å². The van der Waals surface area contributed by atoms with Gasteiger partial charge in [-0.05, 0) is 29.8 Å². The number of rotatable bonds is 3. The van der Waals surface area contributed by atoms with Gasteiger partial charge in [0.25, 0.3) is 0 Å². The molecular formula is C16H16Cl3N3O. The number of anilines is 1. The second-order valence-electron chi connectivity index (χ2n) is 6.11. The highest BCUT2D eigenvalue weighted by atomic mass is 35.5. The molecule has 2 rings (SSSR count). The Morgan fingerprint density at radius 2 is 1.91 bits per heavy atom. The molecule has 0 saturated carbocycles. The van der Waals surface area contributed by atoms with Crippen molar-refractivity contribution in [2.24, 2.45) is 0 Å². The topological polar surface area (TPSA) is 54.9 Å². The maximum atomic E-state index is 12.3. The van der Waals surface area contributed by atoms with Crippen LogP contribution in [0.5, 0.6) is 0 Å². The van der Waals surface area contributed by atoms with Gasteiger partial charge >= 0.3 is 0 Å². The van der Waals surface area contributed by atoms with Crippen molar-refractivity contribution < 1.29 is 4.79 Å². The third kappa shape index (κ3) is 4.80. The van der Waals surface area contributed by atoms with Crippen LogP contribution in [0.2, 0.25) is 15.3 Å². The zero-order valence-electron chi connectivity index (χ0n) is 13.0. The van der Waals surface area contributed by atoms with Gasteiger partial charge in [-0.25, -0.2) is 9.97 Å². The Kier molecular flexibility index (Phi) is 5.50. The van der Waals surface area contributed by atoms with Crippen molar-refractivity contribution in [3.8, 4) is 0 Å². The maximum absolute atomic E-state index is 12.3. The summed E-state index contributed by atoms with van der Waals surface area (Å²) in [4.78, 5) is 20.5. The maximum Gasteiger partial charge on any atom is 0.228 e. The van der Waals surface area contributed by atoms with Crippen molar-refractivity contribution in [2.75, 3.05) is 5.32 Å². The van der Waals surface area contributed by atoms with Crippen LogP contribution >= 0.6 is 34.8 Å². The molecule has 0 fully saturated rings. The molecule has 0 spiro atoms. The van der Waals surface area contributed by atoms with Crippen LogP contribution in [0.3, 0.4) is 0 Å². The van der Waals surface area contributed by atoms with Crippen molar-refractivity contribution in [3.05, 3.63) is 51.0 Å². The lowest BCUT2D eigenvalue weighted by Crippen LogP contribution is -2.21. The lowest BCUT2D eigenvalue weighted by Gasteiger charge is -2.21. The number of aromatic nitrogens is 2. The second-order valence-corrected chi connectivity index (χ2v) is 7.29. The van der Waals surface area contributed by atoms with Crippen LogP contribution < -0.4 is 5.32 Å². The third-order valence-corrected chi connectivity index (χ3v) is 3.83. The molecule has 0 aliphatic heterocycles. The number of nitrogens with zero attached hydrogens (tertiary/aromatic N) is 2. The summed E-state index contributed by atoms with van der Waals surface area (Å²) in [7, 11) is 0. The predicted octanol–water partition coefficient (Wildman–Crippen LogP) is 4.92. The highest BCUT2D eigenvalue weighted by Crippen LogP contribution is 2.27. The van der Waals surface area contributed by atoms with E-state index < -0.39 is 0 Å². The summed E-state index contributed by atoms with van der Waals surface area (Å²) in [5.74, 6) is -0.217. The first-order valence-electron chi connectivity index (χ1n) is 6.93. The molecule has 1 aromatic heterocycles. The molecular weight excluding hydrogens is 357 g/mol. The summed E-state index contributed by atoms with van der Waals surface area (Å²) < 4.78 is 0. The molecule has 122 valence electrons. The van der Waals surface area contributed by atoms with E-state index in [1.54, 1.807) is 24.4 Å². The zero-order valence-corrected chi connectivity index (χ0v) is 15.2. The Labute approximate surface area is 150 Å². The van der Waals surface area contributed by atoms with Crippen LogP contribution in [-0.4, -0.2) is 15.9 Å². The lowest BCUT2D eigenvalue weighted by molar-refractivity contribution is -0.115. The first-order chi connectivity index (χ1) is 10.7. The Morgan fingerprint density at radius 3 is 2.52 bits per heavy atom. The minimum atomic E-state index is -0.250. The van der Waals surface area contributed by atoms with Gasteiger partial charge in [0.2, 0.25) is 11.2 Å². The zero-order chi connectivity index (χ0) is 17.2. The van der Waals surface area contributed by atoms with E-state index in [1.165, 1.54) is 0 Å². The average molecular weight is 373 g/mol. The number of amides is 1. The number of carbonyl (C=O) groups is 1. The largest absolute Gasteiger partial charge is 0.324 e. The van der Waals surface area contributed by atoms with Crippen LogP contribution in [0.25, 0.3) is 0 Å². The van der Waals surface area contributed by atoms with Crippen molar-refractivity contribution in [1.82, 2.24) is 9.97 Å². The van der Waals surface area contributed by atoms with Crippen molar-refractivity contribution >= 4 is 46.4 Å². The molecule has 0 radical (unpaired) electrons. The fraction of sp³-hybridized carbons (Fsp3) is 0.312. The SMILES string of the molecule is CC(C)(C)c1nc(Cl)ncc1CC(=O)Nc1ccc(Cl)cc1Cl. The predicted molar refractivity (Wildman–Crippen MR) is 94.5 cm³/mol. The Hall–Kier alpha value is -1.36. The molecule has 23 heavy (non-hydrogen) atoms. The lowest BCUT2D eigenvalue weighted by atomic mass is 9.88. The normalized spacial score (nSPS) is 11.4. The van der Waals surface area contributed by atoms with Crippen LogP contribution in [0, 0.1) is 0 Å². The fourth-order valence-electron chi connectivity index (χ4n) is 2.12. The number of benzene rings is 1. The van der Waals surface area contributed by atoms with E-state index in [1.807, 2.05) is 20.8 Å². The summed E-state index contributed by atoms with van der Waals surface area (Å²) in [6.45, 7) is 6.01. The first kappa shape index (κ1) is 18.0. The van der Waals surface area contributed by atoms with Crippen molar-refractivity contribution in [3.63, 3.8) is 0 Å². The van der Waals surface area contributed by atoms with Gasteiger partial charge in [-0.2, -0.15) is 0 Å². The van der Waals surface area contributed by atoms with Gasteiger partial charge in [0.05, 0.1) is 22.8 Å². The summed E-state index contributed by atoms with van der Waals surface area (Å²) in [5, 5.41) is 3.82. The molecule has 0 saturated heterocycles. The van der Waals surface area contributed by atoms with Crippen molar-refractivity contribution in [1.29, 1.82) is 0 Å². The fourth-order valence-corrected chi connectivity index (χ4v) is 2.71. The van der Waals surface area contributed by atoms with E-state index in [-0.39, 0.29) is 23.0 Å². The number of nitrogens with one attached hydrogen (secondary N) is 1. The number of halogens is 3. The van der Waals surface area contributed by atoms with E-state index >= 15 is 0 Å². The van der Waals surface area contributed by atoms with Crippen molar-refractivity contribution in [2.45, 2.75) is 32.6 Å². The van der Waals surface area contributed by atoms with Gasteiger partial charge in [0.1, 0.15) is 0 Å². The molecule has 4 nitrogen and oxygen atoms in total. The Morgan fingerprint density at radius 1 is 1.22 bits per heavy atom. The quantitative estimate of drug-likeness (QED) is 0.778. The molecule has 0 atom stereocenters. The Bertz CT molecular complexity index is 742. The number of hydrogen-bond donors (Lipinski definition) is 1. The highest BCUT2D eigenvalue weighted by molar-refractivity contribution is 6.36. The molecule has 0 bridgehead atoms. The summed E-state index contributed by atoms with van der Waals surface area (Å²) in [6, 6.07) is 4.89. The van der Waals surface area contributed by atoms with Crippen LogP contribution in [0.15, 0.2) is 24.4 Å². The standard InChI is InChI=1S/C16H16Cl3N3O/c1-16(2,3)14-9(8-20-15(19)22-14)6-13(23)21-12-5-4-10(17)7-11(12)18/h4-5,7-8H,6H2,1-3H3,(H,21,23). The van der Waals surface area contributed by atoms with Crippen LogP contribution in [0.1, 0.15) is 32.0 Å². The van der Waals surface area contributed by atoms with Crippen LogP contribution in [-0.2, 0) is 16.6 Å².